The largest absolute Gasteiger partial charge is 0.465 e. The van der Waals surface area contributed by atoms with E-state index < -0.39 is 5.97 Å². The highest BCUT2D eigenvalue weighted by Gasteiger charge is 2.09. The maximum Gasteiger partial charge on any atom is 0.338 e. The van der Waals surface area contributed by atoms with E-state index in [1.54, 1.807) is 6.92 Å². The fraction of sp³-hybridized carbons (Fsp3) is 0.143. The third-order valence-corrected chi connectivity index (χ3v) is 2.51. The molecule has 0 N–H and O–H groups in total. The zero-order valence-corrected chi connectivity index (χ0v) is 10.5. The van der Waals surface area contributed by atoms with E-state index in [9.17, 15) is 9.18 Å². The Labute approximate surface area is 109 Å². The molecule has 19 heavy (non-hydrogen) atoms. The van der Waals surface area contributed by atoms with Crippen LogP contribution in [0.1, 0.15) is 15.9 Å². The van der Waals surface area contributed by atoms with E-state index in [0.717, 1.165) is 0 Å². The third-order valence-electron chi connectivity index (χ3n) is 2.51. The van der Waals surface area contributed by atoms with E-state index in [-0.39, 0.29) is 11.7 Å². The SMILES string of the molecule is COC(=O)c1ccnc(Oc2ccc(F)cc2C)c1. The average molecular weight is 261 g/mol. The predicted octanol–water partition coefficient (Wildman–Crippen LogP) is 3.11. The minimum atomic E-state index is -0.469. The Morgan fingerprint density at radius 3 is 2.74 bits per heavy atom. The first kappa shape index (κ1) is 13.0. The molecule has 0 amide bonds. The summed E-state index contributed by atoms with van der Waals surface area (Å²) in [6, 6.07) is 7.16. The summed E-state index contributed by atoms with van der Waals surface area (Å²) in [6.45, 7) is 1.72. The Bertz CT molecular complexity index is 613. The number of carbonyl (C=O) groups is 1. The van der Waals surface area contributed by atoms with Gasteiger partial charge in [0.05, 0.1) is 12.7 Å². The van der Waals surface area contributed by atoms with Crippen molar-refractivity contribution in [3.63, 3.8) is 0 Å². The summed E-state index contributed by atoms with van der Waals surface area (Å²) in [5.41, 5.74) is 0.984. The maximum atomic E-state index is 13.0. The van der Waals surface area contributed by atoms with Crippen LogP contribution < -0.4 is 4.74 Å². The summed E-state index contributed by atoms with van der Waals surface area (Å²) in [4.78, 5) is 15.4. The highest BCUT2D eigenvalue weighted by molar-refractivity contribution is 5.89. The number of aromatic nitrogens is 1. The van der Waals surface area contributed by atoms with Gasteiger partial charge in [-0.05, 0) is 36.8 Å². The minimum Gasteiger partial charge on any atom is -0.465 e. The Morgan fingerprint density at radius 2 is 2.05 bits per heavy atom. The Kier molecular flexibility index (Phi) is 3.75. The predicted molar refractivity (Wildman–Crippen MR) is 66.8 cm³/mol. The second-order valence-electron chi connectivity index (χ2n) is 3.89. The van der Waals surface area contributed by atoms with Crippen LogP contribution in [-0.2, 0) is 4.74 Å². The van der Waals surface area contributed by atoms with Gasteiger partial charge in [0.25, 0.3) is 0 Å². The molecule has 0 unspecified atom stereocenters. The van der Waals surface area contributed by atoms with Crippen molar-refractivity contribution in [3.05, 3.63) is 53.5 Å². The fourth-order valence-electron chi connectivity index (χ4n) is 1.55. The lowest BCUT2D eigenvalue weighted by atomic mass is 10.2. The first-order valence-corrected chi connectivity index (χ1v) is 5.58. The molecule has 2 rings (SSSR count). The molecule has 0 saturated carbocycles. The molecule has 0 spiro atoms. The van der Waals surface area contributed by atoms with Crippen molar-refractivity contribution < 1.29 is 18.7 Å². The molecule has 5 heteroatoms. The summed E-state index contributed by atoms with van der Waals surface area (Å²) in [7, 11) is 1.30. The van der Waals surface area contributed by atoms with Crippen molar-refractivity contribution in [2.45, 2.75) is 6.92 Å². The molecular weight excluding hydrogens is 249 g/mol. The van der Waals surface area contributed by atoms with Gasteiger partial charge in [0.1, 0.15) is 11.6 Å². The summed E-state index contributed by atoms with van der Waals surface area (Å²) >= 11 is 0. The molecule has 0 fully saturated rings. The lowest BCUT2D eigenvalue weighted by Gasteiger charge is -2.08. The van der Waals surface area contributed by atoms with Crippen LogP contribution in [0.4, 0.5) is 4.39 Å². The standard InChI is InChI=1S/C14H12FNO3/c1-9-7-11(15)3-4-12(9)19-13-8-10(5-6-16-13)14(17)18-2/h3-8H,1-2H3. The van der Waals surface area contributed by atoms with Crippen LogP contribution in [-0.4, -0.2) is 18.1 Å². The lowest BCUT2D eigenvalue weighted by Crippen LogP contribution is -2.02. The third kappa shape index (κ3) is 3.07. The molecule has 1 aromatic carbocycles. The van der Waals surface area contributed by atoms with Crippen LogP contribution in [0.5, 0.6) is 11.6 Å². The highest BCUT2D eigenvalue weighted by Crippen LogP contribution is 2.24. The molecule has 98 valence electrons. The summed E-state index contributed by atoms with van der Waals surface area (Å²) in [5.74, 6) is -0.0716. The average Bonchev–Trinajstić information content (AvgIpc) is 2.41. The normalized spacial score (nSPS) is 10.1. The van der Waals surface area contributed by atoms with E-state index >= 15 is 0 Å². The summed E-state index contributed by atoms with van der Waals surface area (Å²) in [5, 5.41) is 0. The van der Waals surface area contributed by atoms with Crippen molar-refractivity contribution in [2.24, 2.45) is 0 Å². The number of carbonyl (C=O) groups excluding carboxylic acids is 1. The number of hydrogen-bond acceptors (Lipinski definition) is 4. The monoisotopic (exact) mass is 261 g/mol. The second-order valence-corrected chi connectivity index (χ2v) is 3.89. The van der Waals surface area contributed by atoms with Crippen LogP contribution in [0.2, 0.25) is 0 Å². The van der Waals surface area contributed by atoms with E-state index in [4.69, 9.17) is 4.74 Å². The van der Waals surface area contributed by atoms with Crippen molar-refractivity contribution in [2.75, 3.05) is 7.11 Å². The van der Waals surface area contributed by atoms with Crippen LogP contribution in [0.3, 0.4) is 0 Å². The zero-order valence-electron chi connectivity index (χ0n) is 10.5. The molecule has 1 aromatic heterocycles. The molecule has 0 aliphatic rings. The molecule has 0 aliphatic carbocycles. The van der Waals surface area contributed by atoms with Crippen molar-refractivity contribution in [3.8, 4) is 11.6 Å². The molecule has 2 aromatic rings. The van der Waals surface area contributed by atoms with Gasteiger partial charge in [0, 0.05) is 12.3 Å². The lowest BCUT2D eigenvalue weighted by molar-refractivity contribution is 0.0600. The molecule has 1 heterocycles. The number of benzene rings is 1. The van der Waals surface area contributed by atoms with Gasteiger partial charge < -0.3 is 9.47 Å². The minimum absolute atomic E-state index is 0.248. The topological polar surface area (TPSA) is 48.4 Å². The number of hydrogen-bond donors (Lipinski definition) is 0. The van der Waals surface area contributed by atoms with Gasteiger partial charge in [-0.2, -0.15) is 0 Å². The molecule has 4 nitrogen and oxygen atoms in total. The number of pyridine rings is 1. The number of methoxy groups -OCH3 is 1. The molecule has 0 bridgehead atoms. The number of aryl methyl sites for hydroxylation is 1. The van der Waals surface area contributed by atoms with Gasteiger partial charge in [-0.1, -0.05) is 0 Å². The quantitative estimate of drug-likeness (QED) is 0.796. The van der Waals surface area contributed by atoms with Gasteiger partial charge in [-0.3, -0.25) is 0 Å². The molecule has 0 radical (unpaired) electrons. The molecule has 0 atom stereocenters. The van der Waals surface area contributed by atoms with Gasteiger partial charge in [-0.25, -0.2) is 14.2 Å². The zero-order chi connectivity index (χ0) is 13.8. The Balaban J connectivity index is 2.26. The van der Waals surface area contributed by atoms with Gasteiger partial charge in [0.2, 0.25) is 5.88 Å². The van der Waals surface area contributed by atoms with Crippen molar-refractivity contribution >= 4 is 5.97 Å². The van der Waals surface area contributed by atoms with E-state index in [1.807, 2.05) is 0 Å². The van der Waals surface area contributed by atoms with Gasteiger partial charge in [0.15, 0.2) is 0 Å². The van der Waals surface area contributed by atoms with Crippen molar-refractivity contribution in [1.82, 2.24) is 4.98 Å². The van der Waals surface area contributed by atoms with Crippen LogP contribution in [0.15, 0.2) is 36.5 Å². The summed E-state index contributed by atoms with van der Waals surface area (Å²) < 4.78 is 23.1. The summed E-state index contributed by atoms with van der Waals surface area (Å²) in [6.07, 6.45) is 1.44. The van der Waals surface area contributed by atoms with E-state index in [0.29, 0.717) is 16.9 Å². The Hall–Kier alpha value is -2.43. The van der Waals surface area contributed by atoms with Crippen LogP contribution in [0, 0.1) is 12.7 Å². The van der Waals surface area contributed by atoms with Crippen LogP contribution in [0.25, 0.3) is 0 Å². The first-order valence-electron chi connectivity index (χ1n) is 5.58. The number of esters is 1. The van der Waals surface area contributed by atoms with Crippen molar-refractivity contribution in [1.29, 1.82) is 0 Å². The molecular formula is C14H12FNO3. The smallest absolute Gasteiger partial charge is 0.338 e. The van der Waals surface area contributed by atoms with Gasteiger partial charge >= 0.3 is 5.97 Å². The number of nitrogens with zero attached hydrogens (tertiary/aromatic N) is 1. The first-order chi connectivity index (χ1) is 9.10. The highest BCUT2D eigenvalue weighted by atomic mass is 19.1. The van der Waals surface area contributed by atoms with E-state index in [1.165, 1.54) is 43.6 Å². The van der Waals surface area contributed by atoms with Gasteiger partial charge in [-0.15, -0.1) is 0 Å². The number of halogens is 1. The molecule has 0 saturated heterocycles. The number of rotatable bonds is 3. The van der Waals surface area contributed by atoms with Crippen LogP contribution >= 0.6 is 0 Å². The number of ether oxygens (including phenoxy) is 2. The molecule has 0 aliphatic heterocycles. The second kappa shape index (κ2) is 5.48. The Morgan fingerprint density at radius 1 is 1.26 bits per heavy atom. The van der Waals surface area contributed by atoms with E-state index in [2.05, 4.69) is 9.72 Å². The maximum absolute atomic E-state index is 13.0. The fourth-order valence-corrected chi connectivity index (χ4v) is 1.55.